The monoisotopic (exact) mass is 1980 g/mol. The summed E-state index contributed by atoms with van der Waals surface area (Å²) in [5.74, 6) is 4.32. The summed E-state index contributed by atoms with van der Waals surface area (Å²) in [5.41, 5.74) is 8.02. The lowest BCUT2D eigenvalue weighted by molar-refractivity contribution is -0.127. The lowest BCUT2D eigenvalue weighted by Gasteiger charge is -2.41. The maximum Gasteiger partial charge on any atom is 0.231 e. The molecule has 12 aromatic carbocycles. The molecule has 0 aliphatic carbocycles. The first-order chi connectivity index (χ1) is 69.8. The fourth-order valence-corrected chi connectivity index (χ4v) is 18.7. The summed E-state index contributed by atoms with van der Waals surface area (Å²) < 4.78 is 108. The lowest BCUT2D eigenvalue weighted by atomic mass is 9.83. The van der Waals surface area contributed by atoms with Crippen molar-refractivity contribution in [2.75, 3.05) is 133 Å². The topological polar surface area (TPSA) is 336 Å². The predicted octanol–water partition coefficient (Wildman–Crippen LogP) is 20.0. The number of ether oxygens (including phenoxy) is 15. The van der Waals surface area contributed by atoms with Gasteiger partial charge in [0.25, 0.3) is 0 Å². The minimum Gasteiger partial charge on any atom is -0.497 e. The van der Waals surface area contributed by atoms with Crippen molar-refractivity contribution in [3.8, 4) is 86.2 Å². The molecule has 0 spiro atoms. The fraction of sp³-hybridized carbons (Fsp3) is 0.273. The smallest absolute Gasteiger partial charge is 0.231 e. The Morgan fingerprint density at radius 3 is 1.01 bits per heavy atom. The molecule has 8 unspecified atom stereocenters. The highest BCUT2D eigenvalue weighted by Crippen LogP contribution is 2.51. The second-order valence-corrected chi connectivity index (χ2v) is 34.4. The second kappa shape index (κ2) is 46.8. The minimum atomic E-state index is -0.630. The van der Waals surface area contributed by atoms with Gasteiger partial charge in [-0.2, -0.15) is 0 Å². The van der Waals surface area contributed by atoms with Gasteiger partial charge in [0, 0.05) is 89.8 Å². The Kier molecular flexibility index (Phi) is 33.1. The van der Waals surface area contributed by atoms with E-state index in [1.807, 2.05) is 66.7 Å². The fourth-order valence-electron chi connectivity index (χ4n) is 18.4. The molecule has 4 N–H and O–H groups in total. The van der Waals surface area contributed by atoms with Crippen molar-refractivity contribution < 1.29 is 118 Å². The molecule has 31 nitrogen and oxygen atoms in total. The molecule has 34 heteroatoms. The molecule has 18 rings (SSSR count). The maximum atomic E-state index is 14.1. The number of hydrogen-bond acceptors (Lipinski definition) is 23. The molecule has 8 atom stereocenters. The summed E-state index contributed by atoms with van der Waals surface area (Å²) in [5, 5.41) is 12.1. The van der Waals surface area contributed by atoms with Gasteiger partial charge in [-0.25, -0.2) is 8.78 Å². The van der Waals surface area contributed by atoms with E-state index in [0.29, 0.717) is 174 Å². The highest BCUT2D eigenvalue weighted by atomic mass is 35.5. The summed E-state index contributed by atoms with van der Waals surface area (Å²) in [7, 11) is 17.1. The second-order valence-electron chi connectivity index (χ2n) is 34.0. The van der Waals surface area contributed by atoms with Crippen molar-refractivity contribution in [1.29, 1.82) is 0 Å². The summed E-state index contributed by atoms with van der Waals surface area (Å²) in [6, 6.07) is 68.7. The molecule has 6 heterocycles. The molecule has 4 saturated heterocycles. The number of carbonyl (C=O) groups is 8. The molecule has 0 saturated carbocycles. The first kappa shape index (κ1) is 102. The maximum absolute atomic E-state index is 14.1. The Hall–Kier alpha value is -16.5. The van der Waals surface area contributed by atoms with E-state index in [4.69, 9.17) is 82.7 Å². The number of halogens is 3. The van der Waals surface area contributed by atoms with E-state index in [0.717, 1.165) is 16.7 Å². The third-order valence-corrected chi connectivity index (χ3v) is 26.1. The zero-order valence-corrected chi connectivity index (χ0v) is 81.9. The number of rotatable bonds is 27. The van der Waals surface area contributed by atoms with Crippen molar-refractivity contribution in [3.63, 3.8) is 0 Å². The number of piperidine rings is 4. The van der Waals surface area contributed by atoms with Crippen LogP contribution in [0.25, 0.3) is 0 Å². The molecular formula is C110H109ClF2N8O23. The van der Waals surface area contributed by atoms with Gasteiger partial charge >= 0.3 is 0 Å². The summed E-state index contributed by atoms with van der Waals surface area (Å²) in [6.45, 7) is 1.91. The van der Waals surface area contributed by atoms with Gasteiger partial charge in [-0.15, -0.1) is 0 Å². The standard InChI is InChI=1S/C28H29ClN2O6.C28H28N2O7.C27H25FN2O5.C27H27FN2O5/c1-34-20-9-7-19(8-10-20)31-26(32)14-11-21(27(31)17-5-12-24(36-3)25(15-17)37-4)28(33)30-18-6-13-23(35-2)22(29)16-18;1-33-20-8-4-17(5-9-20)27-21(28(32)29-18-6-11-22(34-2)24(14-18)35-3)10-13-26(31)30(27)19-7-12-23-25(15-19)37-16-36-23;1-16-3-6-18(13-22(16)28)29-27(32)21-10-12-25(31)30(19-7-11-23-24(14-19)35-15-34-23)26(21)17-4-8-20(33-2)9-5-17;1-33-20-10-8-19(9-11-20)30-25(31)15-13-22(26(30)17-4-6-18(28)7-5-17)27(32)29-23-14-12-21(34-2)16-24(23)35-3/h5-10,12-13,15-16,21,27H,11,14H2,1-4H3,(H,30,33);4-9,11-12,14-15,21,27H,10,13,16H2,1-3H3,(H,29,32);3-9,11,13-14,21,26H,10,12,15H2,1-2H3,(H,29,32);4-12,14,16,22,26H,13,15H2,1-3H3,(H,29,32). The predicted molar refractivity (Wildman–Crippen MR) is 538 cm³/mol. The van der Waals surface area contributed by atoms with Crippen LogP contribution >= 0.6 is 11.6 Å². The van der Waals surface area contributed by atoms with Crippen LogP contribution in [0.3, 0.4) is 0 Å². The van der Waals surface area contributed by atoms with Gasteiger partial charge in [0.15, 0.2) is 46.0 Å². The Morgan fingerprint density at radius 1 is 0.299 bits per heavy atom. The number of nitrogens with zero attached hydrogens (tertiary/aromatic N) is 4. The van der Waals surface area contributed by atoms with E-state index in [1.165, 1.54) is 32.4 Å². The van der Waals surface area contributed by atoms with Crippen LogP contribution in [0.1, 0.15) is 103 Å². The largest absolute Gasteiger partial charge is 0.497 e. The Labute approximate surface area is 836 Å². The van der Waals surface area contributed by atoms with Crippen molar-refractivity contribution in [2.24, 2.45) is 23.7 Å². The van der Waals surface area contributed by atoms with E-state index in [-0.39, 0.29) is 86.5 Å². The van der Waals surface area contributed by atoms with Crippen molar-refractivity contribution in [2.45, 2.75) is 82.5 Å². The van der Waals surface area contributed by atoms with Crippen LogP contribution in [-0.4, -0.2) is 139 Å². The van der Waals surface area contributed by atoms with Crippen molar-refractivity contribution in [3.05, 3.63) is 293 Å². The molecule has 144 heavy (non-hydrogen) atoms. The molecule has 6 aliphatic heterocycles. The molecule has 748 valence electrons. The molecule has 4 fully saturated rings. The average molecular weight is 1980 g/mol. The summed E-state index contributed by atoms with van der Waals surface area (Å²) >= 11 is 6.27. The quantitative estimate of drug-likeness (QED) is 0.0371. The van der Waals surface area contributed by atoms with Gasteiger partial charge in [-0.05, 0) is 236 Å². The molecule has 0 aromatic heterocycles. The minimum absolute atomic E-state index is 0.0742. The highest BCUT2D eigenvalue weighted by molar-refractivity contribution is 6.32. The average Bonchev–Trinajstić information content (AvgIpc) is 1.39. The summed E-state index contributed by atoms with van der Waals surface area (Å²) in [4.78, 5) is 114. The molecular weight excluding hydrogens is 1870 g/mol. The zero-order valence-electron chi connectivity index (χ0n) is 81.2. The van der Waals surface area contributed by atoms with Crippen LogP contribution in [0.2, 0.25) is 5.02 Å². The van der Waals surface area contributed by atoms with E-state index < -0.39 is 59.5 Å². The van der Waals surface area contributed by atoms with Gasteiger partial charge in [0.05, 0.1) is 137 Å². The number of aryl methyl sites for hydroxylation is 1. The molecule has 8 amide bonds. The van der Waals surface area contributed by atoms with Gasteiger partial charge in [0.2, 0.25) is 60.8 Å². The molecule has 12 aromatic rings. The van der Waals surface area contributed by atoms with E-state index >= 15 is 0 Å². The van der Waals surface area contributed by atoms with Crippen LogP contribution in [0, 0.1) is 42.2 Å². The van der Waals surface area contributed by atoms with Gasteiger partial charge in [-0.3, -0.25) is 38.4 Å². The van der Waals surface area contributed by atoms with Crippen LogP contribution in [0.4, 0.5) is 54.3 Å². The third-order valence-electron chi connectivity index (χ3n) is 25.8. The molecule has 0 bridgehead atoms. The SMILES string of the molecule is COc1ccc(C2C(C(=O)Nc3ccc(C)c(F)c3)CCC(=O)N2c2ccc3c(c2)OCO3)cc1.COc1ccc(C2C(C(=O)Nc3ccc(OC)c(OC)c3)CCC(=O)N2c2ccc3c(c2)OCO3)cc1.COc1ccc(N2C(=O)CCC(C(=O)Nc3ccc(OC)c(Cl)c3)C2c2ccc(OC)c(OC)c2)cc1.COc1ccc(N2C(=O)CCC(C(=O)Nc3ccc(OC)cc3OC)C2c2ccc(F)cc2)cc1. The third kappa shape index (κ3) is 23.1. The van der Waals surface area contributed by atoms with Crippen molar-refractivity contribution in [1.82, 2.24) is 0 Å². The number of amides is 8. The van der Waals surface area contributed by atoms with Crippen LogP contribution in [0.15, 0.2) is 249 Å². The van der Waals surface area contributed by atoms with Crippen LogP contribution < -0.4 is 112 Å². The van der Waals surface area contributed by atoms with Gasteiger partial charge < -0.3 is 112 Å². The van der Waals surface area contributed by atoms with Crippen LogP contribution in [0.5, 0.6) is 86.2 Å². The van der Waals surface area contributed by atoms with Crippen molar-refractivity contribution >= 4 is 104 Å². The zero-order chi connectivity index (χ0) is 102. The van der Waals surface area contributed by atoms with E-state index in [2.05, 4.69) is 21.3 Å². The van der Waals surface area contributed by atoms with E-state index in [1.54, 1.807) is 254 Å². The highest BCUT2D eigenvalue weighted by Gasteiger charge is 2.47. The number of fused-ring (bicyclic) bond motifs is 2. The van der Waals surface area contributed by atoms with Crippen LogP contribution in [-0.2, 0) is 38.4 Å². The number of benzene rings is 12. The normalized spacial score (nSPS) is 18.0. The Bertz CT molecular complexity index is 6650. The molecule has 6 aliphatic rings. The van der Waals surface area contributed by atoms with Gasteiger partial charge in [0.1, 0.15) is 51.9 Å². The molecule has 0 radical (unpaired) electrons. The number of methoxy groups -OCH3 is 11. The Morgan fingerprint density at radius 2 is 0.618 bits per heavy atom. The number of hydrogen-bond donors (Lipinski definition) is 4. The Balaban J connectivity index is 0.000000145. The lowest BCUT2D eigenvalue weighted by Crippen LogP contribution is -2.47. The summed E-state index contributed by atoms with van der Waals surface area (Å²) in [6.07, 6.45) is 2.32. The number of nitrogens with one attached hydrogen (secondary N) is 4. The van der Waals surface area contributed by atoms with Gasteiger partial charge in [-0.1, -0.05) is 60.1 Å². The first-order valence-corrected chi connectivity index (χ1v) is 46.6. The van der Waals surface area contributed by atoms with E-state index in [9.17, 15) is 47.1 Å². The number of anilines is 8. The number of carbonyl (C=O) groups excluding carboxylic acids is 8. The first-order valence-electron chi connectivity index (χ1n) is 46.2.